The second-order valence-electron chi connectivity index (χ2n) is 3.74. The van der Waals surface area contributed by atoms with E-state index in [0.29, 0.717) is 5.88 Å². The Balaban J connectivity index is 2.42. The van der Waals surface area contributed by atoms with Crippen molar-refractivity contribution >= 4 is 17.3 Å². The molecule has 1 aromatic rings. The summed E-state index contributed by atoms with van der Waals surface area (Å²) in [4.78, 5) is 2.40. The highest BCUT2D eigenvalue weighted by Gasteiger charge is 2.01. The SMILES string of the molecule is CCN(CC)CCNc1ccccc1CCl. The van der Waals surface area contributed by atoms with Crippen molar-refractivity contribution < 1.29 is 0 Å². The summed E-state index contributed by atoms with van der Waals surface area (Å²) in [5.41, 5.74) is 2.33. The molecule has 0 amide bonds. The molecule has 3 heteroatoms. The highest BCUT2D eigenvalue weighted by atomic mass is 35.5. The number of benzene rings is 1. The standard InChI is InChI=1S/C13H21ClN2/c1-3-16(4-2)10-9-15-13-8-6-5-7-12(13)11-14/h5-8,15H,3-4,9-11H2,1-2H3. The molecular formula is C13H21ClN2. The second-order valence-corrected chi connectivity index (χ2v) is 4.01. The topological polar surface area (TPSA) is 15.3 Å². The van der Waals surface area contributed by atoms with E-state index < -0.39 is 0 Å². The summed E-state index contributed by atoms with van der Waals surface area (Å²) in [5, 5.41) is 3.44. The second kappa shape index (κ2) is 7.53. The molecule has 0 atom stereocenters. The van der Waals surface area contributed by atoms with E-state index in [9.17, 15) is 0 Å². The van der Waals surface area contributed by atoms with Gasteiger partial charge in [-0.3, -0.25) is 0 Å². The van der Waals surface area contributed by atoms with Gasteiger partial charge in [0.2, 0.25) is 0 Å². The summed E-state index contributed by atoms with van der Waals surface area (Å²) in [6, 6.07) is 8.20. The highest BCUT2D eigenvalue weighted by Crippen LogP contribution is 2.16. The minimum absolute atomic E-state index is 0.564. The fraction of sp³-hybridized carbons (Fsp3) is 0.538. The van der Waals surface area contributed by atoms with Crippen LogP contribution in [0.3, 0.4) is 0 Å². The van der Waals surface area contributed by atoms with Gasteiger partial charge in [0.25, 0.3) is 0 Å². The predicted octanol–water partition coefficient (Wildman–Crippen LogP) is 3.18. The summed E-state index contributed by atoms with van der Waals surface area (Å²) >= 11 is 5.88. The van der Waals surface area contributed by atoms with Gasteiger partial charge in [0, 0.05) is 24.7 Å². The zero-order valence-corrected chi connectivity index (χ0v) is 10.9. The van der Waals surface area contributed by atoms with Gasteiger partial charge in [0.05, 0.1) is 0 Å². The molecule has 0 heterocycles. The maximum Gasteiger partial charge on any atom is 0.0494 e. The fourth-order valence-corrected chi connectivity index (χ4v) is 1.93. The Morgan fingerprint density at radius 3 is 2.50 bits per heavy atom. The van der Waals surface area contributed by atoms with E-state index in [1.807, 2.05) is 12.1 Å². The fourth-order valence-electron chi connectivity index (χ4n) is 1.70. The van der Waals surface area contributed by atoms with Gasteiger partial charge in [0.15, 0.2) is 0 Å². The van der Waals surface area contributed by atoms with E-state index in [2.05, 4.69) is 36.2 Å². The molecule has 0 unspecified atom stereocenters. The first kappa shape index (κ1) is 13.3. The number of para-hydroxylation sites is 1. The maximum atomic E-state index is 5.88. The third-order valence-corrected chi connectivity index (χ3v) is 3.09. The zero-order valence-electron chi connectivity index (χ0n) is 10.2. The Bertz CT molecular complexity index is 298. The number of hydrogen-bond donors (Lipinski definition) is 1. The molecule has 0 bridgehead atoms. The number of anilines is 1. The summed E-state index contributed by atoms with van der Waals surface area (Å²) in [6.07, 6.45) is 0. The first-order chi connectivity index (χ1) is 7.81. The number of halogens is 1. The lowest BCUT2D eigenvalue weighted by atomic mass is 10.2. The zero-order chi connectivity index (χ0) is 11.8. The number of rotatable bonds is 7. The summed E-state index contributed by atoms with van der Waals surface area (Å²) in [6.45, 7) is 8.64. The van der Waals surface area contributed by atoms with Crippen LogP contribution in [0.25, 0.3) is 0 Å². The van der Waals surface area contributed by atoms with Crippen LogP contribution in [0.4, 0.5) is 5.69 Å². The van der Waals surface area contributed by atoms with E-state index in [4.69, 9.17) is 11.6 Å². The third kappa shape index (κ3) is 4.03. The first-order valence-corrected chi connectivity index (χ1v) is 6.45. The van der Waals surface area contributed by atoms with E-state index in [1.165, 1.54) is 5.56 Å². The molecule has 0 aliphatic rings. The molecule has 0 aliphatic heterocycles. The molecule has 0 aromatic heterocycles. The van der Waals surface area contributed by atoms with Crippen molar-refractivity contribution in [1.82, 2.24) is 4.90 Å². The average Bonchev–Trinajstić information content (AvgIpc) is 2.35. The molecule has 0 radical (unpaired) electrons. The van der Waals surface area contributed by atoms with Crippen molar-refractivity contribution in [3.8, 4) is 0 Å². The number of hydrogen-bond acceptors (Lipinski definition) is 2. The van der Waals surface area contributed by atoms with E-state index >= 15 is 0 Å². The van der Waals surface area contributed by atoms with E-state index in [-0.39, 0.29) is 0 Å². The Morgan fingerprint density at radius 2 is 1.88 bits per heavy atom. The molecule has 0 saturated carbocycles. The minimum atomic E-state index is 0.564. The lowest BCUT2D eigenvalue weighted by Crippen LogP contribution is -2.28. The number of nitrogens with one attached hydrogen (secondary N) is 1. The van der Waals surface area contributed by atoms with E-state index in [0.717, 1.165) is 31.9 Å². The summed E-state index contributed by atoms with van der Waals surface area (Å²) in [7, 11) is 0. The first-order valence-electron chi connectivity index (χ1n) is 5.91. The molecule has 0 saturated heterocycles. The molecule has 2 nitrogen and oxygen atoms in total. The van der Waals surface area contributed by atoms with Crippen LogP contribution >= 0.6 is 11.6 Å². The molecule has 1 N–H and O–H groups in total. The molecule has 0 fully saturated rings. The van der Waals surface area contributed by atoms with Gasteiger partial charge in [-0.2, -0.15) is 0 Å². The smallest absolute Gasteiger partial charge is 0.0494 e. The lowest BCUT2D eigenvalue weighted by molar-refractivity contribution is 0.316. The number of alkyl halides is 1. The maximum absolute atomic E-state index is 5.88. The summed E-state index contributed by atoms with van der Waals surface area (Å²) < 4.78 is 0. The van der Waals surface area contributed by atoms with Gasteiger partial charge in [-0.15, -0.1) is 11.6 Å². The molecule has 0 aliphatic carbocycles. The van der Waals surface area contributed by atoms with Gasteiger partial charge in [-0.25, -0.2) is 0 Å². The molecule has 1 rings (SSSR count). The molecule has 0 spiro atoms. The predicted molar refractivity (Wildman–Crippen MR) is 72.3 cm³/mol. The normalized spacial score (nSPS) is 10.8. The average molecular weight is 241 g/mol. The minimum Gasteiger partial charge on any atom is -0.384 e. The molecule has 1 aromatic carbocycles. The molecular weight excluding hydrogens is 220 g/mol. The van der Waals surface area contributed by atoms with Crippen molar-refractivity contribution in [3.05, 3.63) is 29.8 Å². The van der Waals surface area contributed by atoms with Crippen LogP contribution in [-0.4, -0.2) is 31.1 Å². The van der Waals surface area contributed by atoms with Crippen molar-refractivity contribution in [3.63, 3.8) is 0 Å². The van der Waals surface area contributed by atoms with Crippen LogP contribution in [0, 0.1) is 0 Å². The highest BCUT2D eigenvalue weighted by molar-refractivity contribution is 6.17. The lowest BCUT2D eigenvalue weighted by Gasteiger charge is -2.19. The van der Waals surface area contributed by atoms with Crippen LogP contribution < -0.4 is 5.32 Å². The van der Waals surface area contributed by atoms with Crippen LogP contribution in [0.15, 0.2) is 24.3 Å². The van der Waals surface area contributed by atoms with Crippen molar-refractivity contribution in [2.75, 3.05) is 31.5 Å². The van der Waals surface area contributed by atoms with Gasteiger partial charge in [-0.1, -0.05) is 32.0 Å². The Labute approximate surface area is 104 Å². The van der Waals surface area contributed by atoms with Gasteiger partial charge in [-0.05, 0) is 24.7 Å². The van der Waals surface area contributed by atoms with E-state index in [1.54, 1.807) is 0 Å². The number of nitrogens with zero attached hydrogens (tertiary/aromatic N) is 1. The van der Waals surface area contributed by atoms with Crippen LogP contribution in [0.5, 0.6) is 0 Å². The Morgan fingerprint density at radius 1 is 1.19 bits per heavy atom. The van der Waals surface area contributed by atoms with Crippen molar-refractivity contribution in [2.45, 2.75) is 19.7 Å². The monoisotopic (exact) mass is 240 g/mol. The Kier molecular flexibility index (Phi) is 6.27. The van der Waals surface area contributed by atoms with Crippen molar-refractivity contribution in [1.29, 1.82) is 0 Å². The number of likely N-dealkylation sites (N-methyl/N-ethyl adjacent to an activating group) is 1. The van der Waals surface area contributed by atoms with Crippen LogP contribution in [0.2, 0.25) is 0 Å². The largest absolute Gasteiger partial charge is 0.384 e. The third-order valence-electron chi connectivity index (χ3n) is 2.80. The molecule has 16 heavy (non-hydrogen) atoms. The van der Waals surface area contributed by atoms with Crippen molar-refractivity contribution in [2.24, 2.45) is 0 Å². The van der Waals surface area contributed by atoms with Crippen LogP contribution in [0.1, 0.15) is 19.4 Å². The van der Waals surface area contributed by atoms with Gasteiger partial charge >= 0.3 is 0 Å². The van der Waals surface area contributed by atoms with Gasteiger partial charge in [0.1, 0.15) is 0 Å². The molecule has 90 valence electrons. The Hall–Kier alpha value is -0.730. The van der Waals surface area contributed by atoms with Gasteiger partial charge < -0.3 is 10.2 Å². The van der Waals surface area contributed by atoms with Crippen LogP contribution in [-0.2, 0) is 5.88 Å². The summed E-state index contributed by atoms with van der Waals surface area (Å²) in [5.74, 6) is 0.564. The quantitative estimate of drug-likeness (QED) is 0.737.